The molecule has 36 heavy (non-hydrogen) atoms. The molecular weight excluding hydrogens is 455 g/mol. The zero-order valence-corrected chi connectivity index (χ0v) is 20.5. The van der Waals surface area contributed by atoms with Crippen LogP contribution in [0.5, 0.6) is 0 Å². The quantitative estimate of drug-likeness (QED) is 0.472. The van der Waals surface area contributed by atoms with Crippen molar-refractivity contribution in [3.05, 3.63) is 71.8 Å². The standard InChI is InChI=1S/C29H33FN4O2/c30-23-7-5-21(6-8-23)27(35)22-13-18-34(19-14-22)17-12-20-3-9-24(10-4-20)33-29(36)26-11-16-32-28-25(26)2-1-15-31-28/h1-2,5-8,11,15-16,20,22,24H,3-4,9-10,12-14,17-19H2,(H,33,36)/t20-,24-. The zero-order chi connectivity index (χ0) is 24.9. The van der Waals surface area contributed by atoms with E-state index in [2.05, 4.69) is 20.2 Å². The maximum absolute atomic E-state index is 13.1. The molecule has 3 aromatic rings. The molecule has 3 heterocycles. The van der Waals surface area contributed by atoms with Crippen LogP contribution in [-0.4, -0.2) is 52.2 Å². The van der Waals surface area contributed by atoms with Crippen molar-refractivity contribution in [2.75, 3.05) is 19.6 Å². The number of ketones is 1. The normalized spacial score (nSPS) is 21.4. The van der Waals surface area contributed by atoms with E-state index in [4.69, 9.17) is 0 Å². The lowest BCUT2D eigenvalue weighted by atomic mass is 9.83. The average Bonchev–Trinajstić information content (AvgIpc) is 2.92. The third-order valence-corrected chi connectivity index (χ3v) is 7.88. The van der Waals surface area contributed by atoms with Crippen LogP contribution in [0.3, 0.4) is 0 Å². The molecule has 1 amide bonds. The van der Waals surface area contributed by atoms with Crippen molar-refractivity contribution in [1.82, 2.24) is 20.2 Å². The molecular formula is C29H33FN4O2. The number of aromatic nitrogens is 2. The van der Waals surface area contributed by atoms with Gasteiger partial charge in [-0.25, -0.2) is 14.4 Å². The molecule has 0 unspecified atom stereocenters. The van der Waals surface area contributed by atoms with Crippen LogP contribution in [-0.2, 0) is 0 Å². The first-order valence-corrected chi connectivity index (χ1v) is 13.1. The van der Waals surface area contributed by atoms with Gasteiger partial charge < -0.3 is 10.2 Å². The molecule has 2 aromatic heterocycles. The number of amides is 1. The Bertz CT molecular complexity index is 1190. The van der Waals surface area contributed by atoms with E-state index in [-0.39, 0.29) is 29.5 Å². The van der Waals surface area contributed by atoms with Gasteiger partial charge in [-0.05, 0) is 113 Å². The molecule has 0 bridgehead atoms. The lowest BCUT2D eigenvalue weighted by molar-refractivity contribution is 0.0832. The molecule has 1 aliphatic heterocycles. The number of hydrogen-bond acceptors (Lipinski definition) is 5. The van der Waals surface area contributed by atoms with Gasteiger partial charge in [0.05, 0.1) is 5.56 Å². The Morgan fingerprint density at radius 1 is 0.917 bits per heavy atom. The predicted molar refractivity (Wildman–Crippen MR) is 137 cm³/mol. The van der Waals surface area contributed by atoms with E-state index in [1.54, 1.807) is 30.6 Å². The number of nitrogens with one attached hydrogen (secondary N) is 1. The SMILES string of the molecule is O=C(N[C@H]1CC[C@H](CCN2CCC(C(=O)c3ccc(F)cc3)CC2)CC1)c1ccnc2ncccc12. The molecule has 1 saturated heterocycles. The molecule has 2 fully saturated rings. The highest BCUT2D eigenvalue weighted by molar-refractivity contribution is 6.05. The number of fused-ring (bicyclic) bond motifs is 1. The summed E-state index contributed by atoms with van der Waals surface area (Å²) in [7, 11) is 0. The van der Waals surface area contributed by atoms with Crippen LogP contribution in [0.2, 0.25) is 0 Å². The van der Waals surface area contributed by atoms with E-state index in [0.29, 0.717) is 22.7 Å². The second kappa shape index (κ2) is 11.2. The minimum Gasteiger partial charge on any atom is -0.349 e. The van der Waals surface area contributed by atoms with Crippen molar-refractivity contribution >= 4 is 22.7 Å². The number of pyridine rings is 2. The summed E-state index contributed by atoms with van der Waals surface area (Å²) in [6.07, 6.45) is 10.5. The van der Waals surface area contributed by atoms with Crippen LogP contribution in [0.4, 0.5) is 4.39 Å². The number of carbonyl (C=O) groups excluding carboxylic acids is 2. The summed E-state index contributed by atoms with van der Waals surface area (Å²) in [4.78, 5) is 36.6. The van der Waals surface area contributed by atoms with E-state index in [1.807, 2.05) is 12.1 Å². The number of halogens is 1. The van der Waals surface area contributed by atoms with Gasteiger partial charge in [0.2, 0.25) is 0 Å². The molecule has 188 valence electrons. The van der Waals surface area contributed by atoms with Gasteiger partial charge in [0.25, 0.3) is 5.91 Å². The summed E-state index contributed by atoms with van der Waals surface area (Å²) in [6, 6.07) is 11.6. The number of rotatable bonds is 7. The van der Waals surface area contributed by atoms with Crippen molar-refractivity contribution in [2.45, 2.75) is 51.0 Å². The first-order valence-electron chi connectivity index (χ1n) is 13.1. The maximum Gasteiger partial charge on any atom is 0.252 e. The molecule has 2 aliphatic rings. The monoisotopic (exact) mass is 488 g/mol. The number of benzene rings is 1. The summed E-state index contributed by atoms with van der Waals surface area (Å²) >= 11 is 0. The van der Waals surface area contributed by atoms with Crippen molar-refractivity contribution in [3.8, 4) is 0 Å². The number of likely N-dealkylation sites (tertiary alicyclic amines) is 1. The van der Waals surface area contributed by atoms with Gasteiger partial charge in [-0.2, -0.15) is 0 Å². The molecule has 1 N–H and O–H groups in total. The molecule has 1 aliphatic carbocycles. The highest BCUT2D eigenvalue weighted by atomic mass is 19.1. The lowest BCUT2D eigenvalue weighted by Crippen LogP contribution is -2.39. The Balaban J connectivity index is 1.03. The van der Waals surface area contributed by atoms with Crippen LogP contribution < -0.4 is 5.32 Å². The summed E-state index contributed by atoms with van der Waals surface area (Å²) in [5.74, 6) is 0.516. The largest absolute Gasteiger partial charge is 0.349 e. The summed E-state index contributed by atoms with van der Waals surface area (Å²) < 4.78 is 13.1. The van der Waals surface area contributed by atoms with Crippen molar-refractivity contribution in [3.63, 3.8) is 0 Å². The fraction of sp³-hybridized carbons (Fsp3) is 0.448. The summed E-state index contributed by atoms with van der Waals surface area (Å²) in [6.45, 7) is 2.95. The summed E-state index contributed by atoms with van der Waals surface area (Å²) in [5.41, 5.74) is 1.85. The molecule has 0 radical (unpaired) electrons. The topological polar surface area (TPSA) is 75.2 Å². The van der Waals surface area contributed by atoms with Gasteiger partial charge in [-0.15, -0.1) is 0 Å². The second-order valence-electron chi connectivity index (χ2n) is 10.2. The average molecular weight is 489 g/mol. The van der Waals surface area contributed by atoms with Crippen LogP contribution >= 0.6 is 0 Å². The Labute approximate surface area is 211 Å². The molecule has 5 rings (SSSR count). The highest BCUT2D eigenvalue weighted by Crippen LogP contribution is 2.29. The number of piperidine rings is 1. The third-order valence-electron chi connectivity index (χ3n) is 7.88. The zero-order valence-electron chi connectivity index (χ0n) is 20.5. The Hall–Kier alpha value is -3.19. The predicted octanol–water partition coefficient (Wildman–Crippen LogP) is 5.04. The van der Waals surface area contributed by atoms with Gasteiger partial charge in [-0.1, -0.05) is 0 Å². The molecule has 1 saturated carbocycles. The number of Topliss-reactive ketones (excluding diaryl/α,β-unsaturated/α-hetero) is 1. The van der Waals surface area contributed by atoms with Crippen LogP contribution in [0, 0.1) is 17.7 Å². The van der Waals surface area contributed by atoms with Crippen LogP contribution in [0.1, 0.15) is 65.7 Å². The van der Waals surface area contributed by atoms with Crippen LogP contribution in [0.25, 0.3) is 11.0 Å². The lowest BCUT2D eigenvalue weighted by Gasteiger charge is -2.34. The fourth-order valence-corrected chi connectivity index (χ4v) is 5.67. The van der Waals surface area contributed by atoms with Gasteiger partial charge in [-0.3, -0.25) is 9.59 Å². The minimum absolute atomic E-state index is 0.0408. The number of carbonyl (C=O) groups is 2. The van der Waals surface area contributed by atoms with E-state index in [1.165, 1.54) is 12.1 Å². The van der Waals surface area contributed by atoms with E-state index in [9.17, 15) is 14.0 Å². The van der Waals surface area contributed by atoms with Gasteiger partial charge in [0.1, 0.15) is 5.82 Å². The smallest absolute Gasteiger partial charge is 0.252 e. The van der Waals surface area contributed by atoms with E-state index in [0.717, 1.165) is 70.0 Å². The first-order chi connectivity index (χ1) is 17.6. The highest BCUT2D eigenvalue weighted by Gasteiger charge is 2.27. The molecule has 1 aromatic carbocycles. The van der Waals surface area contributed by atoms with Crippen LogP contribution in [0.15, 0.2) is 54.9 Å². The number of nitrogens with zero attached hydrogens (tertiary/aromatic N) is 3. The maximum atomic E-state index is 13.1. The van der Waals surface area contributed by atoms with E-state index < -0.39 is 0 Å². The molecule has 0 spiro atoms. The van der Waals surface area contributed by atoms with Crippen molar-refractivity contribution < 1.29 is 14.0 Å². The molecule has 6 nitrogen and oxygen atoms in total. The first kappa shape index (κ1) is 24.5. The number of hydrogen-bond donors (Lipinski definition) is 1. The Kier molecular flexibility index (Phi) is 7.66. The van der Waals surface area contributed by atoms with Gasteiger partial charge in [0, 0.05) is 35.3 Å². The Morgan fingerprint density at radius 2 is 1.64 bits per heavy atom. The molecule has 0 atom stereocenters. The van der Waals surface area contributed by atoms with Crippen molar-refractivity contribution in [1.29, 1.82) is 0 Å². The van der Waals surface area contributed by atoms with Gasteiger partial charge in [0.15, 0.2) is 11.4 Å². The second-order valence-corrected chi connectivity index (χ2v) is 10.2. The fourth-order valence-electron chi connectivity index (χ4n) is 5.67. The Morgan fingerprint density at radius 3 is 2.39 bits per heavy atom. The molecule has 7 heteroatoms. The third kappa shape index (κ3) is 5.78. The minimum atomic E-state index is -0.308. The summed E-state index contributed by atoms with van der Waals surface area (Å²) in [5, 5.41) is 4.01. The van der Waals surface area contributed by atoms with Gasteiger partial charge >= 0.3 is 0 Å². The van der Waals surface area contributed by atoms with E-state index >= 15 is 0 Å². The van der Waals surface area contributed by atoms with Crippen molar-refractivity contribution in [2.24, 2.45) is 11.8 Å².